The van der Waals surface area contributed by atoms with Crippen molar-refractivity contribution >= 4 is 29.0 Å². The fraction of sp³-hybridized carbons (Fsp3) is 0.360. The van der Waals surface area contributed by atoms with Crippen molar-refractivity contribution in [3.05, 3.63) is 84.9 Å². The Balaban J connectivity index is 2.13. The van der Waals surface area contributed by atoms with Crippen molar-refractivity contribution in [1.82, 2.24) is 5.32 Å². The lowest BCUT2D eigenvalue weighted by molar-refractivity contribution is -0.384. The molecule has 1 aliphatic heterocycles. The lowest BCUT2D eigenvalue weighted by Crippen LogP contribution is -2.33. The summed E-state index contributed by atoms with van der Waals surface area (Å²) in [5.74, 6) is -2.11. The molecule has 0 bridgehead atoms. The van der Waals surface area contributed by atoms with Gasteiger partial charge in [-0.15, -0.1) is 0 Å². The Morgan fingerprint density at radius 3 is 2.46 bits per heavy atom. The Kier molecular flexibility index (Phi) is 8.78. The van der Waals surface area contributed by atoms with Crippen LogP contribution in [0.15, 0.2) is 63.6 Å². The number of rotatable bonds is 10. The first-order valence-electron chi connectivity index (χ1n) is 11.4. The molecule has 1 aromatic carbocycles. The Morgan fingerprint density at radius 1 is 1.17 bits per heavy atom. The van der Waals surface area contributed by atoms with Gasteiger partial charge in [0.25, 0.3) is 5.69 Å². The number of nitro benzene ring substituents is 1. The minimum atomic E-state index is -0.901. The largest absolute Gasteiger partial charge is 0.463 e. The van der Waals surface area contributed by atoms with Crippen molar-refractivity contribution in [3.8, 4) is 0 Å². The van der Waals surface area contributed by atoms with Crippen LogP contribution in [-0.4, -0.2) is 30.1 Å². The van der Waals surface area contributed by atoms with E-state index in [4.69, 9.17) is 15.2 Å². The maximum absolute atomic E-state index is 13.3. The van der Waals surface area contributed by atoms with Crippen LogP contribution in [0.25, 0.3) is 0 Å². The zero-order valence-electron chi connectivity index (χ0n) is 19.9. The fourth-order valence-corrected chi connectivity index (χ4v) is 4.85. The molecule has 10 heteroatoms. The monoisotopic (exact) mass is 499 g/mol. The number of carbonyl (C=O) groups excluding carboxylic acids is 2. The number of nitro groups is 1. The third kappa shape index (κ3) is 5.95. The number of nitrogens with two attached hydrogens (primary N) is 1. The van der Waals surface area contributed by atoms with E-state index in [2.05, 4.69) is 5.32 Å². The molecule has 2 atom stereocenters. The summed E-state index contributed by atoms with van der Waals surface area (Å²) < 4.78 is 10.7. The number of dihydropyridines is 1. The third-order valence-electron chi connectivity index (χ3n) is 5.73. The lowest BCUT2D eigenvalue weighted by atomic mass is 9.79. The molecule has 3 N–H and O–H groups in total. The maximum atomic E-state index is 13.3. The molecule has 0 spiro atoms. The van der Waals surface area contributed by atoms with Crippen LogP contribution in [0.3, 0.4) is 0 Å². The molecular weight excluding hydrogens is 470 g/mol. The van der Waals surface area contributed by atoms with Gasteiger partial charge in [0.05, 0.1) is 35.2 Å². The summed E-state index contributed by atoms with van der Waals surface area (Å²) in [5.41, 5.74) is 9.14. The Hall–Kier alpha value is -3.50. The highest BCUT2D eigenvalue weighted by Crippen LogP contribution is 2.41. The van der Waals surface area contributed by atoms with Gasteiger partial charge >= 0.3 is 11.9 Å². The van der Waals surface area contributed by atoms with Gasteiger partial charge in [-0.2, -0.15) is 11.3 Å². The molecule has 3 rings (SSSR count). The molecule has 0 saturated carbocycles. The minimum Gasteiger partial charge on any atom is -0.463 e. The van der Waals surface area contributed by atoms with Crippen molar-refractivity contribution in [2.75, 3.05) is 13.2 Å². The van der Waals surface area contributed by atoms with Gasteiger partial charge in [-0.1, -0.05) is 12.1 Å². The van der Waals surface area contributed by atoms with Crippen LogP contribution >= 0.6 is 11.3 Å². The summed E-state index contributed by atoms with van der Waals surface area (Å²) in [6, 6.07) is 7.63. The summed E-state index contributed by atoms with van der Waals surface area (Å²) in [4.78, 5) is 37.2. The van der Waals surface area contributed by atoms with Gasteiger partial charge in [0, 0.05) is 29.6 Å². The summed E-state index contributed by atoms with van der Waals surface area (Å²) >= 11 is 1.56. The van der Waals surface area contributed by atoms with Crippen LogP contribution in [0, 0.1) is 10.1 Å². The van der Waals surface area contributed by atoms with Gasteiger partial charge in [0.1, 0.15) is 0 Å². The number of nitrogens with zero attached hydrogens (tertiary/aromatic N) is 1. The van der Waals surface area contributed by atoms with E-state index in [-0.39, 0.29) is 36.1 Å². The fourth-order valence-electron chi connectivity index (χ4n) is 4.13. The molecule has 0 radical (unpaired) electrons. The second kappa shape index (κ2) is 11.8. The van der Waals surface area contributed by atoms with Gasteiger partial charge in [-0.25, -0.2) is 9.59 Å². The van der Waals surface area contributed by atoms with Gasteiger partial charge in [-0.05, 0) is 61.6 Å². The molecule has 0 fully saturated rings. The second-order valence-corrected chi connectivity index (χ2v) is 8.76. The number of hydrogen-bond acceptors (Lipinski definition) is 9. The first kappa shape index (κ1) is 26.1. The van der Waals surface area contributed by atoms with Crippen LogP contribution < -0.4 is 11.1 Å². The summed E-state index contributed by atoms with van der Waals surface area (Å²) in [7, 11) is 0. The van der Waals surface area contributed by atoms with Gasteiger partial charge < -0.3 is 20.5 Å². The highest BCUT2D eigenvalue weighted by molar-refractivity contribution is 7.07. The number of allylic oxidation sites excluding steroid dienone is 2. The number of nitrogens with one attached hydrogen (secondary N) is 1. The molecular formula is C25H29N3O6S. The van der Waals surface area contributed by atoms with E-state index in [9.17, 15) is 19.7 Å². The van der Waals surface area contributed by atoms with Crippen LogP contribution in [-0.2, 0) is 19.1 Å². The van der Waals surface area contributed by atoms with E-state index in [0.29, 0.717) is 29.8 Å². The van der Waals surface area contributed by atoms with Gasteiger partial charge in [0.15, 0.2) is 0 Å². The second-order valence-electron chi connectivity index (χ2n) is 7.98. The summed E-state index contributed by atoms with van der Waals surface area (Å²) in [5, 5.41) is 18.6. The lowest BCUT2D eigenvalue weighted by Gasteiger charge is -2.32. The average Bonchev–Trinajstić information content (AvgIpc) is 3.37. The maximum Gasteiger partial charge on any atom is 0.336 e. The number of non-ortho nitro benzene ring substituents is 1. The van der Waals surface area contributed by atoms with Gasteiger partial charge in [-0.3, -0.25) is 10.1 Å². The number of thiophene rings is 1. The zero-order chi connectivity index (χ0) is 25.5. The van der Waals surface area contributed by atoms with E-state index in [1.807, 2.05) is 16.8 Å². The number of benzene rings is 1. The highest BCUT2D eigenvalue weighted by Gasteiger charge is 2.39. The first-order chi connectivity index (χ1) is 16.8. The van der Waals surface area contributed by atoms with E-state index in [1.165, 1.54) is 18.2 Å². The molecule has 35 heavy (non-hydrogen) atoms. The number of carbonyl (C=O) groups is 2. The van der Waals surface area contributed by atoms with Crippen LogP contribution in [0.1, 0.15) is 56.7 Å². The number of hydrogen-bond donors (Lipinski definition) is 2. The molecule has 1 aromatic heterocycles. The smallest absolute Gasteiger partial charge is 0.336 e. The zero-order valence-corrected chi connectivity index (χ0v) is 20.7. The standard InChI is InChI=1S/C25H29N3O6S/c1-4-33-24(29)21-15(3)27-20(10-9-19(26)17-11-12-35-14-17)23(25(30)34-5-2)22(21)16-7-6-8-18(13-16)28(31)32/h6-8,11-14,19,22,27H,4-5,9-10,26H2,1-3H3. The number of ether oxygens (including phenoxy) is 2. The summed E-state index contributed by atoms with van der Waals surface area (Å²) in [6.45, 7) is 5.36. The quantitative estimate of drug-likeness (QED) is 0.278. The highest BCUT2D eigenvalue weighted by atomic mass is 32.1. The SMILES string of the molecule is CCOC(=O)C1=C(C)NC(CCC(N)c2ccsc2)=C(C(=O)OCC)C1c1cccc([N+](=O)[O-])c1. The van der Waals surface area contributed by atoms with E-state index >= 15 is 0 Å². The van der Waals surface area contributed by atoms with Gasteiger partial charge in [0.2, 0.25) is 0 Å². The molecule has 2 unspecified atom stereocenters. The first-order valence-corrected chi connectivity index (χ1v) is 12.3. The summed E-state index contributed by atoms with van der Waals surface area (Å²) in [6.07, 6.45) is 0.940. The Morgan fingerprint density at radius 2 is 1.86 bits per heavy atom. The molecule has 0 amide bonds. The third-order valence-corrected chi connectivity index (χ3v) is 6.43. The average molecular weight is 500 g/mol. The Bertz CT molecular complexity index is 1160. The van der Waals surface area contributed by atoms with Crippen molar-refractivity contribution < 1.29 is 24.0 Å². The Labute approximate surface area is 207 Å². The van der Waals surface area contributed by atoms with Crippen molar-refractivity contribution in [2.24, 2.45) is 5.73 Å². The molecule has 186 valence electrons. The van der Waals surface area contributed by atoms with E-state index < -0.39 is 22.8 Å². The van der Waals surface area contributed by atoms with Crippen LogP contribution in [0.4, 0.5) is 5.69 Å². The minimum absolute atomic E-state index is 0.128. The molecule has 1 aliphatic rings. The predicted octanol–water partition coefficient (Wildman–Crippen LogP) is 4.48. The van der Waals surface area contributed by atoms with Crippen LogP contribution in [0.5, 0.6) is 0 Å². The van der Waals surface area contributed by atoms with Crippen molar-refractivity contribution in [1.29, 1.82) is 0 Å². The van der Waals surface area contributed by atoms with Crippen molar-refractivity contribution in [2.45, 2.75) is 45.6 Å². The van der Waals surface area contributed by atoms with E-state index in [1.54, 1.807) is 38.2 Å². The molecule has 0 aliphatic carbocycles. The molecule has 2 aromatic rings. The van der Waals surface area contributed by atoms with Crippen molar-refractivity contribution in [3.63, 3.8) is 0 Å². The molecule has 9 nitrogen and oxygen atoms in total. The molecule has 2 heterocycles. The van der Waals surface area contributed by atoms with E-state index in [0.717, 1.165) is 5.56 Å². The molecule has 0 saturated heterocycles. The van der Waals surface area contributed by atoms with Crippen LogP contribution in [0.2, 0.25) is 0 Å². The topological polar surface area (TPSA) is 134 Å². The number of esters is 2. The normalized spacial score (nSPS) is 16.5. The predicted molar refractivity (Wildman–Crippen MR) is 132 cm³/mol.